The van der Waals surface area contributed by atoms with Gasteiger partial charge in [0.15, 0.2) is 12.1 Å². The third kappa shape index (κ3) is 6.21. The quantitative estimate of drug-likeness (QED) is 0.232. The number of carbonyl (C=O) groups is 1. The Balaban J connectivity index is 1.57. The number of carbonyl (C=O) groups excluding carboxylic acids is 1. The van der Waals surface area contributed by atoms with Crippen LogP contribution in [-0.2, 0) is 16.2 Å². The van der Waals surface area contributed by atoms with E-state index < -0.39 is 0 Å². The number of hydroxylamine groups is 1. The summed E-state index contributed by atoms with van der Waals surface area (Å²) in [4.78, 5) is 28.5. The van der Waals surface area contributed by atoms with Gasteiger partial charge in [-0.2, -0.15) is 4.98 Å². The Bertz CT molecular complexity index is 1230. The van der Waals surface area contributed by atoms with E-state index in [2.05, 4.69) is 20.2 Å². The fourth-order valence-electron chi connectivity index (χ4n) is 4.03. The van der Waals surface area contributed by atoms with Crippen molar-refractivity contribution in [2.24, 2.45) is 0 Å². The molecule has 0 unspecified atom stereocenters. The molecule has 0 radical (unpaired) electrons. The Labute approximate surface area is 220 Å². The highest BCUT2D eigenvalue weighted by Crippen LogP contribution is 2.32. The van der Waals surface area contributed by atoms with E-state index in [0.29, 0.717) is 51.3 Å². The van der Waals surface area contributed by atoms with E-state index in [1.807, 2.05) is 24.3 Å². The van der Waals surface area contributed by atoms with Crippen molar-refractivity contribution in [3.63, 3.8) is 0 Å². The fourth-order valence-corrected chi connectivity index (χ4v) is 4.64. The second kappa shape index (κ2) is 11.8. The number of aliphatic hydroxyl groups is 1. The first-order chi connectivity index (χ1) is 17.4. The van der Waals surface area contributed by atoms with Crippen LogP contribution in [0.2, 0.25) is 10.0 Å². The number of nitrogens with zero attached hydrogens (tertiary/aromatic N) is 4. The molecule has 1 atom stereocenters. The molecule has 2 aromatic carbocycles. The zero-order valence-electron chi connectivity index (χ0n) is 20.0. The van der Waals surface area contributed by atoms with E-state index in [1.54, 1.807) is 37.5 Å². The normalized spacial score (nSPS) is 16.2. The predicted molar refractivity (Wildman–Crippen MR) is 143 cm³/mol. The van der Waals surface area contributed by atoms with Crippen LogP contribution in [0.5, 0.6) is 0 Å². The zero-order valence-corrected chi connectivity index (χ0v) is 21.5. The van der Waals surface area contributed by atoms with Crippen molar-refractivity contribution in [3.8, 4) is 0 Å². The van der Waals surface area contributed by atoms with Crippen molar-refractivity contribution in [2.45, 2.75) is 19.1 Å². The largest absolute Gasteiger partial charge is 0.392 e. The molecule has 4 rings (SSSR count). The Morgan fingerprint density at radius 2 is 1.97 bits per heavy atom. The summed E-state index contributed by atoms with van der Waals surface area (Å²) in [6.07, 6.45) is 4.50. The molecule has 1 aromatic heterocycles. The SMILES string of the molecule is CON(C)c1nc(Nc2ccc(CN3CC[C@H](O)C3)cc2)ncc1/C=C(\C=O)c1c(Cl)cccc1Cl. The van der Waals surface area contributed by atoms with Crippen LogP contribution in [0.1, 0.15) is 23.1 Å². The monoisotopic (exact) mass is 527 g/mol. The van der Waals surface area contributed by atoms with Crippen LogP contribution in [0, 0.1) is 0 Å². The summed E-state index contributed by atoms with van der Waals surface area (Å²) in [7, 11) is 3.23. The number of β-amino-alcohol motifs (C(OH)–C–C–N with tert-alkyl or cyclic N) is 1. The Hall–Kier alpha value is -3.01. The molecule has 3 aromatic rings. The highest BCUT2D eigenvalue weighted by Gasteiger charge is 2.20. The number of nitrogens with one attached hydrogen (secondary N) is 1. The van der Waals surface area contributed by atoms with Crippen LogP contribution in [0.3, 0.4) is 0 Å². The van der Waals surface area contributed by atoms with Crippen LogP contribution >= 0.6 is 23.2 Å². The maximum absolute atomic E-state index is 11.9. The summed E-state index contributed by atoms with van der Waals surface area (Å²) >= 11 is 12.6. The van der Waals surface area contributed by atoms with Gasteiger partial charge < -0.3 is 10.4 Å². The maximum Gasteiger partial charge on any atom is 0.229 e. The number of aldehydes is 1. The van der Waals surface area contributed by atoms with E-state index in [1.165, 1.54) is 12.2 Å². The second-order valence-electron chi connectivity index (χ2n) is 8.47. The van der Waals surface area contributed by atoms with Crippen LogP contribution in [0.15, 0.2) is 48.7 Å². The van der Waals surface area contributed by atoms with Gasteiger partial charge in [0.25, 0.3) is 0 Å². The lowest BCUT2D eigenvalue weighted by Crippen LogP contribution is -2.21. The van der Waals surface area contributed by atoms with Crippen LogP contribution in [0.25, 0.3) is 11.6 Å². The summed E-state index contributed by atoms with van der Waals surface area (Å²) in [6, 6.07) is 13.1. The van der Waals surface area contributed by atoms with Gasteiger partial charge in [-0.15, -0.1) is 0 Å². The van der Waals surface area contributed by atoms with E-state index >= 15 is 0 Å². The minimum atomic E-state index is -0.232. The number of benzene rings is 2. The molecule has 188 valence electrons. The Kier molecular flexibility index (Phi) is 8.56. The van der Waals surface area contributed by atoms with Gasteiger partial charge in [0.1, 0.15) is 0 Å². The maximum atomic E-state index is 11.9. The number of aliphatic hydroxyl groups excluding tert-OH is 1. The average molecular weight is 528 g/mol. The Morgan fingerprint density at radius 3 is 2.58 bits per heavy atom. The molecule has 1 aliphatic heterocycles. The summed E-state index contributed by atoms with van der Waals surface area (Å²) in [6.45, 7) is 2.41. The third-order valence-corrected chi connectivity index (χ3v) is 6.55. The number of hydrogen-bond acceptors (Lipinski definition) is 8. The van der Waals surface area contributed by atoms with Crippen molar-refractivity contribution in [2.75, 3.05) is 37.6 Å². The number of anilines is 3. The second-order valence-corrected chi connectivity index (χ2v) is 9.28. The highest BCUT2D eigenvalue weighted by atomic mass is 35.5. The van der Waals surface area contributed by atoms with Crippen molar-refractivity contribution in [1.82, 2.24) is 14.9 Å². The first-order valence-corrected chi connectivity index (χ1v) is 12.2. The molecule has 0 spiro atoms. The van der Waals surface area contributed by atoms with E-state index in [0.717, 1.165) is 30.8 Å². The minimum absolute atomic E-state index is 0.232. The number of allylic oxidation sites excluding steroid dienone is 1. The summed E-state index contributed by atoms with van der Waals surface area (Å²) in [5.41, 5.74) is 3.27. The van der Waals surface area contributed by atoms with Gasteiger partial charge in [-0.25, -0.2) is 10.0 Å². The number of likely N-dealkylation sites (tertiary alicyclic amines) is 1. The predicted octanol–water partition coefficient (Wildman–Crippen LogP) is 4.83. The molecule has 36 heavy (non-hydrogen) atoms. The lowest BCUT2D eigenvalue weighted by atomic mass is 10.0. The van der Waals surface area contributed by atoms with Gasteiger partial charge in [-0.3, -0.25) is 14.5 Å². The molecule has 10 heteroatoms. The molecule has 2 heterocycles. The van der Waals surface area contributed by atoms with E-state index in [9.17, 15) is 9.90 Å². The smallest absolute Gasteiger partial charge is 0.229 e. The Morgan fingerprint density at radius 1 is 1.25 bits per heavy atom. The molecular formula is C26H27Cl2N5O3. The van der Waals surface area contributed by atoms with Crippen molar-refractivity contribution in [1.29, 1.82) is 0 Å². The molecule has 1 aliphatic rings. The van der Waals surface area contributed by atoms with E-state index in [-0.39, 0.29) is 6.10 Å². The molecule has 0 bridgehead atoms. The van der Waals surface area contributed by atoms with Gasteiger partial charge in [0, 0.05) is 55.3 Å². The van der Waals surface area contributed by atoms with Gasteiger partial charge in [0.05, 0.1) is 23.3 Å². The number of halogens is 2. The van der Waals surface area contributed by atoms with Gasteiger partial charge >= 0.3 is 0 Å². The molecule has 0 saturated carbocycles. The molecule has 1 fully saturated rings. The first-order valence-electron chi connectivity index (χ1n) is 11.4. The molecule has 0 aliphatic carbocycles. The topological polar surface area (TPSA) is 90.8 Å². The van der Waals surface area contributed by atoms with Crippen molar-refractivity contribution < 1.29 is 14.7 Å². The van der Waals surface area contributed by atoms with Crippen LogP contribution in [-0.4, -0.2) is 59.6 Å². The fraction of sp³-hybridized carbons (Fsp3) is 0.269. The molecule has 1 saturated heterocycles. The summed E-state index contributed by atoms with van der Waals surface area (Å²) in [5, 5.41) is 15.1. The molecule has 8 nitrogen and oxygen atoms in total. The molecule has 2 N–H and O–H groups in total. The number of aromatic nitrogens is 2. The highest BCUT2D eigenvalue weighted by molar-refractivity contribution is 6.40. The van der Waals surface area contributed by atoms with Gasteiger partial charge in [-0.1, -0.05) is 41.4 Å². The van der Waals surface area contributed by atoms with E-state index in [4.69, 9.17) is 28.0 Å². The standard InChI is InChI=1S/C26H27Cl2N5O3/c1-32(36-2)25-18(12-19(16-34)24-22(27)4-3-5-23(24)28)13-29-26(31-25)30-20-8-6-17(7-9-20)14-33-11-10-21(35)15-33/h3-9,12-13,16,21,35H,10-11,14-15H2,1-2H3,(H,29,30,31)/b19-12+/t21-/m0/s1. The van der Waals surface area contributed by atoms with Crippen LogP contribution in [0.4, 0.5) is 17.5 Å². The third-order valence-electron chi connectivity index (χ3n) is 5.92. The average Bonchev–Trinajstić information content (AvgIpc) is 3.29. The summed E-state index contributed by atoms with van der Waals surface area (Å²) < 4.78 is 0. The molecular weight excluding hydrogens is 501 g/mol. The number of hydrogen-bond donors (Lipinski definition) is 2. The number of rotatable bonds is 9. The minimum Gasteiger partial charge on any atom is -0.392 e. The van der Waals surface area contributed by atoms with Crippen molar-refractivity contribution in [3.05, 3.63) is 75.4 Å². The lowest BCUT2D eigenvalue weighted by molar-refractivity contribution is -0.103. The van der Waals surface area contributed by atoms with Gasteiger partial charge in [0.2, 0.25) is 5.95 Å². The van der Waals surface area contributed by atoms with Gasteiger partial charge in [-0.05, 0) is 42.3 Å². The first kappa shape index (κ1) is 26.1. The summed E-state index contributed by atoms with van der Waals surface area (Å²) in [5.74, 6) is 0.812. The van der Waals surface area contributed by atoms with Crippen LogP contribution < -0.4 is 10.4 Å². The lowest BCUT2D eigenvalue weighted by Gasteiger charge is -2.18. The van der Waals surface area contributed by atoms with Crippen molar-refractivity contribution >= 4 is 58.6 Å². The molecule has 0 amide bonds. The zero-order chi connectivity index (χ0) is 25.7.